The maximum atomic E-state index is 5.56. The first kappa shape index (κ1) is 11.6. The van der Waals surface area contributed by atoms with Crippen molar-refractivity contribution in [1.29, 1.82) is 0 Å². The van der Waals surface area contributed by atoms with Gasteiger partial charge in [-0.15, -0.1) is 11.3 Å². The zero-order valence-corrected chi connectivity index (χ0v) is 11.2. The quantitative estimate of drug-likeness (QED) is 0.744. The molecule has 3 aromatic rings. The first-order valence-corrected chi connectivity index (χ1v) is 7.39. The minimum absolute atomic E-state index is 0.569. The lowest BCUT2D eigenvalue weighted by Crippen LogP contribution is -2.01. The molecular formula is C12H12N4S2. The summed E-state index contributed by atoms with van der Waals surface area (Å²) in [6.45, 7) is 0.845. The van der Waals surface area contributed by atoms with E-state index in [0.29, 0.717) is 5.82 Å². The molecule has 1 aromatic carbocycles. The van der Waals surface area contributed by atoms with Crippen molar-refractivity contribution < 1.29 is 0 Å². The highest BCUT2D eigenvalue weighted by Gasteiger charge is 2.03. The smallest absolute Gasteiger partial charge is 0.151 e. The molecule has 0 amide bonds. The lowest BCUT2D eigenvalue weighted by molar-refractivity contribution is 0.669. The van der Waals surface area contributed by atoms with Crippen LogP contribution in [0.3, 0.4) is 0 Å². The van der Waals surface area contributed by atoms with Gasteiger partial charge in [0.1, 0.15) is 5.82 Å². The third kappa shape index (κ3) is 2.49. The van der Waals surface area contributed by atoms with Gasteiger partial charge in [0.25, 0.3) is 0 Å². The topological polar surface area (TPSA) is 56.7 Å². The summed E-state index contributed by atoms with van der Waals surface area (Å²) in [5, 5.41) is 4.15. The van der Waals surface area contributed by atoms with E-state index >= 15 is 0 Å². The Bertz CT molecular complexity index is 626. The van der Waals surface area contributed by atoms with Crippen LogP contribution in [0.4, 0.5) is 5.82 Å². The number of benzene rings is 1. The number of aryl methyl sites for hydroxylation is 1. The van der Waals surface area contributed by atoms with Crippen molar-refractivity contribution in [2.75, 3.05) is 11.5 Å². The summed E-state index contributed by atoms with van der Waals surface area (Å²) < 4.78 is 4.20. The van der Waals surface area contributed by atoms with Gasteiger partial charge in [0.05, 0.1) is 16.8 Å². The number of fused-ring (bicyclic) bond motifs is 1. The molecule has 0 atom stereocenters. The highest BCUT2D eigenvalue weighted by molar-refractivity contribution is 8.01. The van der Waals surface area contributed by atoms with Gasteiger partial charge in [-0.2, -0.15) is 5.10 Å². The third-order valence-electron chi connectivity index (χ3n) is 2.48. The van der Waals surface area contributed by atoms with Gasteiger partial charge in [-0.25, -0.2) is 4.98 Å². The lowest BCUT2D eigenvalue weighted by atomic mass is 10.3. The second kappa shape index (κ2) is 4.99. The number of nitrogen functional groups attached to an aromatic ring is 1. The van der Waals surface area contributed by atoms with Crippen molar-refractivity contribution in [3.63, 3.8) is 0 Å². The van der Waals surface area contributed by atoms with Gasteiger partial charge in [-0.1, -0.05) is 23.9 Å². The zero-order valence-electron chi connectivity index (χ0n) is 9.61. The van der Waals surface area contributed by atoms with E-state index in [1.807, 2.05) is 35.1 Å². The number of aromatic nitrogens is 3. The Morgan fingerprint density at radius 2 is 2.17 bits per heavy atom. The number of anilines is 1. The van der Waals surface area contributed by atoms with Crippen LogP contribution >= 0.6 is 23.1 Å². The van der Waals surface area contributed by atoms with Crippen LogP contribution in [0.15, 0.2) is 40.9 Å². The van der Waals surface area contributed by atoms with E-state index in [2.05, 4.69) is 16.1 Å². The van der Waals surface area contributed by atoms with Gasteiger partial charge in [0.15, 0.2) is 4.34 Å². The normalized spacial score (nSPS) is 11.1. The molecular weight excluding hydrogens is 264 g/mol. The van der Waals surface area contributed by atoms with E-state index in [0.717, 1.165) is 22.2 Å². The molecule has 18 heavy (non-hydrogen) atoms. The molecule has 0 fully saturated rings. The summed E-state index contributed by atoms with van der Waals surface area (Å²) >= 11 is 3.49. The summed E-state index contributed by atoms with van der Waals surface area (Å²) in [5.74, 6) is 1.51. The Labute approximate surface area is 113 Å². The Balaban J connectivity index is 1.62. The number of hydrogen-bond acceptors (Lipinski definition) is 5. The Kier molecular flexibility index (Phi) is 3.21. The second-order valence-corrected chi connectivity index (χ2v) is 6.17. The number of nitrogens with two attached hydrogens (primary N) is 1. The standard InChI is InChI=1S/C12H12N4S2/c13-11-5-6-16(15-11)7-8-17-12-14-9-3-1-2-4-10(9)18-12/h1-6H,7-8H2,(H2,13,15). The lowest BCUT2D eigenvalue weighted by Gasteiger charge is -1.98. The van der Waals surface area contributed by atoms with Crippen molar-refractivity contribution in [1.82, 2.24) is 14.8 Å². The molecule has 0 aliphatic heterocycles. The predicted molar refractivity (Wildman–Crippen MR) is 77.0 cm³/mol. The van der Waals surface area contributed by atoms with Crippen LogP contribution in [0.2, 0.25) is 0 Å². The van der Waals surface area contributed by atoms with Crippen molar-refractivity contribution >= 4 is 39.1 Å². The minimum atomic E-state index is 0.569. The molecule has 92 valence electrons. The molecule has 0 aliphatic carbocycles. The molecule has 0 saturated carbocycles. The van der Waals surface area contributed by atoms with E-state index in [1.54, 1.807) is 23.1 Å². The predicted octanol–water partition coefficient (Wildman–Crippen LogP) is 2.87. The number of rotatable bonds is 4. The van der Waals surface area contributed by atoms with Gasteiger partial charge >= 0.3 is 0 Å². The molecule has 6 heteroatoms. The highest BCUT2D eigenvalue weighted by Crippen LogP contribution is 2.29. The zero-order chi connectivity index (χ0) is 12.4. The van der Waals surface area contributed by atoms with Crippen LogP contribution in [-0.2, 0) is 6.54 Å². The number of hydrogen-bond donors (Lipinski definition) is 1. The van der Waals surface area contributed by atoms with Crippen LogP contribution in [0, 0.1) is 0 Å². The molecule has 4 nitrogen and oxygen atoms in total. The average Bonchev–Trinajstić information content (AvgIpc) is 2.95. The first-order chi connectivity index (χ1) is 8.81. The molecule has 2 aromatic heterocycles. The average molecular weight is 276 g/mol. The van der Waals surface area contributed by atoms with E-state index in [4.69, 9.17) is 5.73 Å². The van der Waals surface area contributed by atoms with E-state index in [9.17, 15) is 0 Å². The first-order valence-electron chi connectivity index (χ1n) is 5.58. The molecule has 0 bridgehead atoms. The van der Waals surface area contributed by atoms with Crippen LogP contribution in [0.25, 0.3) is 10.2 Å². The molecule has 0 radical (unpaired) electrons. The van der Waals surface area contributed by atoms with Crippen molar-refractivity contribution in [2.45, 2.75) is 10.9 Å². The monoisotopic (exact) mass is 276 g/mol. The third-order valence-corrected chi connectivity index (χ3v) is 4.64. The maximum absolute atomic E-state index is 5.56. The van der Waals surface area contributed by atoms with Crippen molar-refractivity contribution in [2.24, 2.45) is 0 Å². The van der Waals surface area contributed by atoms with Crippen LogP contribution in [0.1, 0.15) is 0 Å². The number of thioether (sulfide) groups is 1. The molecule has 3 rings (SSSR count). The van der Waals surface area contributed by atoms with Crippen LogP contribution in [0.5, 0.6) is 0 Å². The van der Waals surface area contributed by atoms with Crippen molar-refractivity contribution in [3.05, 3.63) is 36.5 Å². The molecule has 0 saturated heterocycles. The molecule has 2 N–H and O–H groups in total. The summed E-state index contributed by atoms with van der Waals surface area (Å²) in [6, 6.07) is 10.0. The maximum Gasteiger partial charge on any atom is 0.151 e. The van der Waals surface area contributed by atoms with Gasteiger partial charge in [-0.3, -0.25) is 4.68 Å². The van der Waals surface area contributed by atoms with Gasteiger partial charge in [-0.05, 0) is 18.2 Å². The Hall–Kier alpha value is -1.53. The van der Waals surface area contributed by atoms with Crippen LogP contribution < -0.4 is 5.73 Å². The molecule has 0 aliphatic rings. The number of thiazole rings is 1. The van der Waals surface area contributed by atoms with Gasteiger partial charge in [0, 0.05) is 11.9 Å². The van der Waals surface area contributed by atoms with Gasteiger partial charge in [0.2, 0.25) is 0 Å². The summed E-state index contributed by atoms with van der Waals surface area (Å²) in [5.41, 5.74) is 6.64. The fourth-order valence-corrected chi connectivity index (χ4v) is 3.71. The molecule has 0 spiro atoms. The van der Waals surface area contributed by atoms with E-state index < -0.39 is 0 Å². The van der Waals surface area contributed by atoms with Crippen molar-refractivity contribution in [3.8, 4) is 0 Å². The Morgan fingerprint density at radius 1 is 1.28 bits per heavy atom. The molecule has 0 unspecified atom stereocenters. The van der Waals surface area contributed by atoms with Gasteiger partial charge < -0.3 is 5.73 Å². The fraction of sp³-hybridized carbons (Fsp3) is 0.167. The largest absolute Gasteiger partial charge is 0.382 e. The number of para-hydroxylation sites is 1. The van der Waals surface area contributed by atoms with E-state index in [-0.39, 0.29) is 0 Å². The SMILES string of the molecule is Nc1ccn(CCSc2nc3ccccc3s2)n1. The fourth-order valence-electron chi connectivity index (χ4n) is 1.64. The van der Waals surface area contributed by atoms with E-state index in [1.165, 1.54) is 4.70 Å². The minimum Gasteiger partial charge on any atom is -0.382 e. The number of nitrogens with zero attached hydrogens (tertiary/aromatic N) is 3. The highest BCUT2D eigenvalue weighted by atomic mass is 32.2. The second-order valence-electron chi connectivity index (χ2n) is 3.80. The summed E-state index contributed by atoms with van der Waals surface area (Å²) in [4.78, 5) is 4.58. The summed E-state index contributed by atoms with van der Waals surface area (Å²) in [6.07, 6.45) is 1.90. The molecule has 2 heterocycles. The van der Waals surface area contributed by atoms with Crippen LogP contribution in [-0.4, -0.2) is 20.5 Å². The summed E-state index contributed by atoms with van der Waals surface area (Å²) in [7, 11) is 0. The Morgan fingerprint density at radius 3 is 2.94 bits per heavy atom.